The van der Waals surface area contributed by atoms with Crippen LogP contribution in [0.15, 0.2) is 46.9 Å². The molecule has 0 bridgehead atoms. The quantitative estimate of drug-likeness (QED) is 0.813. The van der Waals surface area contributed by atoms with Gasteiger partial charge in [-0.3, -0.25) is 0 Å². The topological polar surface area (TPSA) is 12.0 Å². The number of halogens is 3. The maximum absolute atomic E-state index is 13.7. The number of hydrogen-bond acceptors (Lipinski definition) is 1. The highest BCUT2D eigenvalue weighted by molar-refractivity contribution is 9.10. The second kappa shape index (κ2) is 6.46. The van der Waals surface area contributed by atoms with Gasteiger partial charge >= 0.3 is 0 Å². The average molecular weight is 340 g/mol. The third-order valence-electron chi connectivity index (χ3n) is 3.30. The van der Waals surface area contributed by atoms with Crippen LogP contribution in [-0.4, -0.2) is 0 Å². The van der Waals surface area contributed by atoms with Gasteiger partial charge in [-0.25, -0.2) is 8.78 Å². The van der Waals surface area contributed by atoms with Crippen molar-refractivity contribution in [3.8, 4) is 0 Å². The summed E-state index contributed by atoms with van der Waals surface area (Å²) in [5.41, 5.74) is 1.15. The maximum atomic E-state index is 13.7. The molecule has 0 amide bonds. The van der Waals surface area contributed by atoms with Crippen molar-refractivity contribution in [1.82, 2.24) is 5.32 Å². The molecule has 1 nitrogen and oxygen atoms in total. The minimum absolute atomic E-state index is 0.00268. The van der Waals surface area contributed by atoms with E-state index >= 15 is 0 Å². The fourth-order valence-electron chi connectivity index (χ4n) is 2.23. The minimum Gasteiger partial charge on any atom is -0.303 e. The second-order valence-electron chi connectivity index (χ2n) is 4.80. The van der Waals surface area contributed by atoms with Crippen LogP contribution >= 0.6 is 15.9 Å². The third-order valence-corrected chi connectivity index (χ3v) is 3.83. The van der Waals surface area contributed by atoms with Gasteiger partial charge in [0.05, 0.1) is 0 Å². The van der Waals surface area contributed by atoms with E-state index in [1.165, 1.54) is 18.2 Å². The van der Waals surface area contributed by atoms with E-state index in [-0.39, 0.29) is 11.6 Å². The molecule has 0 fully saturated rings. The minimum atomic E-state index is -0.520. The van der Waals surface area contributed by atoms with Gasteiger partial charge in [-0.1, -0.05) is 34.1 Å². The molecular formula is C16H16BrF2N. The molecule has 0 spiro atoms. The average Bonchev–Trinajstić information content (AvgIpc) is 2.39. The second-order valence-corrected chi connectivity index (χ2v) is 5.71. The molecule has 0 radical (unpaired) electrons. The lowest BCUT2D eigenvalue weighted by Crippen LogP contribution is -2.24. The maximum Gasteiger partial charge on any atom is 0.130 e. The SMILES string of the molecule is CC(NC(C)c1c(F)cccc1F)c1ccc(Br)cc1. The molecule has 106 valence electrons. The summed E-state index contributed by atoms with van der Waals surface area (Å²) in [6.45, 7) is 3.73. The summed E-state index contributed by atoms with van der Waals surface area (Å²) >= 11 is 3.38. The molecular weight excluding hydrogens is 324 g/mol. The summed E-state index contributed by atoms with van der Waals surface area (Å²) in [4.78, 5) is 0. The van der Waals surface area contributed by atoms with Crippen LogP contribution in [-0.2, 0) is 0 Å². The molecule has 2 rings (SSSR count). The van der Waals surface area contributed by atoms with Gasteiger partial charge < -0.3 is 5.32 Å². The third kappa shape index (κ3) is 3.44. The lowest BCUT2D eigenvalue weighted by Gasteiger charge is -2.21. The Kier molecular flexibility index (Phi) is 4.89. The molecule has 20 heavy (non-hydrogen) atoms. The first-order valence-corrected chi connectivity index (χ1v) is 7.23. The molecule has 2 aromatic carbocycles. The Morgan fingerprint density at radius 3 is 2.00 bits per heavy atom. The van der Waals surface area contributed by atoms with E-state index in [0.29, 0.717) is 0 Å². The van der Waals surface area contributed by atoms with Gasteiger partial charge in [0.2, 0.25) is 0 Å². The van der Waals surface area contributed by atoms with Gasteiger partial charge in [0.25, 0.3) is 0 Å². The Balaban J connectivity index is 2.15. The largest absolute Gasteiger partial charge is 0.303 e. The molecule has 0 saturated carbocycles. The van der Waals surface area contributed by atoms with E-state index in [0.717, 1.165) is 10.0 Å². The van der Waals surface area contributed by atoms with Crippen molar-refractivity contribution in [2.45, 2.75) is 25.9 Å². The Bertz CT molecular complexity index is 563. The van der Waals surface area contributed by atoms with Gasteiger partial charge in [0, 0.05) is 22.1 Å². The molecule has 4 heteroatoms. The lowest BCUT2D eigenvalue weighted by atomic mass is 10.0. The highest BCUT2D eigenvalue weighted by Gasteiger charge is 2.18. The van der Waals surface area contributed by atoms with Crippen molar-refractivity contribution in [3.63, 3.8) is 0 Å². The van der Waals surface area contributed by atoms with Crippen LogP contribution in [0.2, 0.25) is 0 Å². The van der Waals surface area contributed by atoms with Gasteiger partial charge in [-0.15, -0.1) is 0 Å². The fraction of sp³-hybridized carbons (Fsp3) is 0.250. The normalized spacial score (nSPS) is 14.1. The van der Waals surface area contributed by atoms with Crippen molar-refractivity contribution in [1.29, 1.82) is 0 Å². The monoisotopic (exact) mass is 339 g/mol. The molecule has 0 aromatic heterocycles. The Hall–Kier alpha value is -1.26. The van der Waals surface area contributed by atoms with E-state index in [2.05, 4.69) is 21.2 Å². The van der Waals surface area contributed by atoms with Crippen molar-refractivity contribution in [2.24, 2.45) is 0 Å². The molecule has 0 aliphatic carbocycles. The first kappa shape index (κ1) is 15.1. The zero-order valence-corrected chi connectivity index (χ0v) is 12.9. The van der Waals surface area contributed by atoms with Crippen LogP contribution < -0.4 is 5.32 Å². The summed E-state index contributed by atoms with van der Waals surface area (Å²) in [5, 5.41) is 3.22. The van der Waals surface area contributed by atoms with Gasteiger partial charge in [-0.2, -0.15) is 0 Å². The summed E-state index contributed by atoms with van der Waals surface area (Å²) in [7, 11) is 0. The zero-order valence-electron chi connectivity index (χ0n) is 11.3. The van der Waals surface area contributed by atoms with E-state index < -0.39 is 17.7 Å². The molecule has 0 saturated heterocycles. The standard InChI is InChI=1S/C16H16BrF2N/c1-10(12-6-8-13(17)9-7-12)20-11(2)16-14(18)4-3-5-15(16)19/h3-11,20H,1-2H3. The Morgan fingerprint density at radius 2 is 1.45 bits per heavy atom. The fourth-order valence-corrected chi connectivity index (χ4v) is 2.49. The molecule has 2 aromatic rings. The van der Waals surface area contributed by atoms with Crippen LogP contribution in [0, 0.1) is 11.6 Å². The molecule has 2 atom stereocenters. The van der Waals surface area contributed by atoms with Crippen molar-refractivity contribution >= 4 is 15.9 Å². The molecule has 0 aliphatic rings. The van der Waals surface area contributed by atoms with E-state index in [4.69, 9.17) is 0 Å². The van der Waals surface area contributed by atoms with Crippen LogP contribution in [0.5, 0.6) is 0 Å². The number of hydrogen-bond donors (Lipinski definition) is 1. The van der Waals surface area contributed by atoms with Crippen molar-refractivity contribution in [3.05, 3.63) is 69.7 Å². The Labute approximate surface area is 126 Å². The molecule has 0 heterocycles. The molecule has 0 aliphatic heterocycles. The van der Waals surface area contributed by atoms with E-state index in [9.17, 15) is 8.78 Å². The first-order valence-electron chi connectivity index (χ1n) is 6.44. The van der Waals surface area contributed by atoms with Gasteiger partial charge in [0.1, 0.15) is 11.6 Å². The smallest absolute Gasteiger partial charge is 0.130 e. The van der Waals surface area contributed by atoms with E-state index in [1.54, 1.807) is 6.92 Å². The number of rotatable bonds is 4. The molecule has 2 unspecified atom stereocenters. The van der Waals surface area contributed by atoms with Gasteiger partial charge in [-0.05, 0) is 43.7 Å². The first-order chi connectivity index (χ1) is 9.49. The zero-order chi connectivity index (χ0) is 14.7. The predicted octanol–water partition coefficient (Wildman–Crippen LogP) is 5.14. The Morgan fingerprint density at radius 1 is 0.900 bits per heavy atom. The van der Waals surface area contributed by atoms with Gasteiger partial charge in [0.15, 0.2) is 0 Å². The van der Waals surface area contributed by atoms with Crippen LogP contribution in [0.4, 0.5) is 8.78 Å². The summed E-state index contributed by atoms with van der Waals surface area (Å²) < 4.78 is 28.4. The lowest BCUT2D eigenvalue weighted by molar-refractivity contribution is 0.450. The number of benzene rings is 2. The summed E-state index contributed by atoms with van der Waals surface area (Å²) in [6, 6.07) is 11.4. The highest BCUT2D eigenvalue weighted by atomic mass is 79.9. The van der Waals surface area contributed by atoms with Crippen LogP contribution in [0.3, 0.4) is 0 Å². The predicted molar refractivity (Wildman–Crippen MR) is 80.5 cm³/mol. The number of nitrogens with one attached hydrogen (secondary N) is 1. The summed E-state index contributed by atoms with van der Waals surface area (Å²) in [5.74, 6) is -1.04. The van der Waals surface area contributed by atoms with E-state index in [1.807, 2.05) is 31.2 Å². The van der Waals surface area contributed by atoms with Crippen LogP contribution in [0.1, 0.15) is 37.1 Å². The van der Waals surface area contributed by atoms with Crippen LogP contribution in [0.25, 0.3) is 0 Å². The summed E-state index contributed by atoms with van der Waals surface area (Å²) in [6.07, 6.45) is 0. The van der Waals surface area contributed by atoms with Crippen molar-refractivity contribution < 1.29 is 8.78 Å². The highest BCUT2D eigenvalue weighted by Crippen LogP contribution is 2.24. The van der Waals surface area contributed by atoms with Crippen molar-refractivity contribution in [2.75, 3.05) is 0 Å². The molecule has 1 N–H and O–H groups in total.